The molecule has 0 bridgehead atoms. The zero-order valence-corrected chi connectivity index (χ0v) is 12.0. The summed E-state index contributed by atoms with van der Waals surface area (Å²) < 4.78 is 1.01. The molecule has 0 aliphatic carbocycles. The van der Waals surface area contributed by atoms with Gasteiger partial charge in [0.2, 0.25) is 0 Å². The molecule has 1 aromatic carbocycles. The fourth-order valence-electron chi connectivity index (χ4n) is 1.24. The molecule has 0 saturated heterocycles. The molecule has 1 aromatic rings. The standard InChI is InChI=1S/C12H13IN2O4/c13-8-3-1-4-9(7-8)14-15-10(12(18)19)5-2-6-11(16)17/h1,3-5,7,14-15H,2,6H2,(H,16,17)(H,18,19)/b10-5-. The summed E-state index contributed by atoms with van der Waals surface area (Å²) in [5.74, 6) is -2.12. The van der Waals surface area contributed by atoms with Gasteiger partial charge in [-0.15, -0.1) is 0 Å². The highest BCUT2D eigenvalue weighted by atomic mass is 127. The summed E-state index contributed by atoms with van der Waals surface area (Å²) >= 11 is 2.14. The maximum atomic E-state index is 10.9. The van der Waals surface area contributed by atoms with E-state index in [1.807, 2.05) is 18.2 Å². The van der Waals surface area contributed by atoms with Crippen LogP contribution in [0, 0.1) is 3.57 Å². The van der Waals surface area contributed by atoms with Gasteiger partial charge in [0.05, 0.1) is 5.69 Å². The van der Waals surface area contributed by atoms with Crippen LogP contribution in [0.1, 0.15) is 12.8 Å². The van der Waals surface area contributed by atoms with Gasteiger partial charge in [-0.2, -0.15) is 0 Å². The van der Waals surface area contributed by atoms with E-state index in [0.717, 1.165) is 9.26 Å². The molecule has 0 amide bonds. The molecule has 0 atom stereocenters. The third-order valence-corrected chi connectivity index (χ3v) is 2.77. The maximum absolute atomic E-state index is 10.9. The number of nitrogens with one attached hydrogen (secondary N) is 2. The lowest BCUT2D eigenvalue weighted by molar-refractivity contribution is -0.137. The van der Waals surface area contributed by atoms with Crippen molar-refractivity contribution < 1.29 is 19.8 Å². The van der Waals surface area contributed by atoms with Crippen molar-refractivity contribution in [3.63, 3.8) is 0 Å². The van der Waals surface area contributed by atoms with Crippen LogP contribution in [0.3, 0.4) is 0 Å². The van der Waals surface area contributed by atoms with Gasteiger partial charge >= 0.3 is 11.9 Å². The number of halogens is 1. The molecule has 0 aliphatic heterocycles. The largest absolute Gasteiger partial charge is 0.481 e. The minimum atomic E-state index is -1.15. The highest BCUT2D eigenvalue weighted by Crippen LogP contribution is 2.11. The number of anilines is 1. The summed E-state index contributed by atoms with van der Waals surface area (Å²) in [7, 11) is 0. The molecule has 7 heteroatoms. The minimum Gasteiger partial charge on any atom is -0.481 e. The van der Waals surface area contributed by atoms with Crippen molar-refractivity contribution in [2.75, 3.05) is 5.43 Å². The molecule has 0 aromatic heterocycles. The Hall–Kier alpha value is -1.77. The van der Waals surface area contributed by atoms with Gasteiger partial charge < -0.3 is 15.6 Å². The van der Waals surface area contributed by atoms with E-state index in [1.54, 1.807) is 6.07 Å². The van der Waals surface area contributed by atoms with Crippen LogP contribution >= 0.6 is 22.6 Å². The second kappa shape index (κ2) is 7.62. The van der Waals surface area contributed by atoms with Crippen LogP contribution in [0.25, 0.3) is 0 Å². The molecular formula is C12H13IN2O4. The number of carboxylic acids is 2. The number of carbonyl (C=O) groups is 2. The van der Waals surface area contributed by atoms with E-state index >= 15 is 0 Å². The number of allylic oxidation sites excluding steroid dienone is 1. The van der Waals surface area contributed by atoms with Crippen molar-refractivity contribution >= 4 is 40.2 Å². The van der Waals surface area contributed by atoms with Crippen molar-refractivity contribution in [1.82, 2.24) is 5.43 Å². The van der Waals surface area contributed by atoms with Crippen molar-refractivity contribution in [2.24, 2.45) is 0 Å². The Balaban J connectivity index is 2.59. The first kappa shape index (κ1) is 15.3. The summed E-state index contributed by atoms with van der Waals surface area (Å²) in [4.78, 5) is 21.3. The lowest BCUT2D eigenvalue weighted by Crippen LogP contribution is -2.26. The molecular weight excluding hydrogens is 363 g/mol. The Morgan fingerprint density at radius 3 is 2.63 bits per heavy atom. The number of hydrazine groups is 1. The van der Waals surface area contributed by atoms with Crippen LogP contribution in [0.15, 0.2) is 36.0 Å². The van der Waals surface area contributed by atoms with E-state index < -0.39 is 11.9 Å². The number of aliphatic carboxylic acids is 2. The lowest BCUT2D eigenvalue weighted by Gasteiger charge is -2.10. The van der Waals surface area contributed by atoms with Gasteiger partial charge in [-0.1, -0.05) is 12.1 Å². The Labute approximate surface area is 123 Å². The predicted octanol–water partition coefficient (Wildman–Crippen LogP) is 2.04. The molecule has 0 heterocycles. The van der Waals surface area contributed by atoms with Gasteiger partial charge in [0.25, 0.3) is 0 Å². The van der Waals surface area contributed by atoms with Crippen LogP contribution in [0.4, 0.5) is 5.69 Å². The van der Waals surface area contributed by atoms with E-state index in [9.17, 15) is 9.59 Å². The minimum absolute atomic E-state index is 0.0832. The molecule has 102 valence electrons. The molecule has 0 radical (unpaired) electrons. The Morgan fingerprint density at radius 1 is 1.32 bits per heavy atom. The number of hydrogen-bond acceptors (Lipinski definition) is 4. The molecule has 1 rings (SSSR count). The quantitative estimate of drug-likeness (QED) is 0.330. The van der Waals surface area contributed by atoms with Gasteiger partial charge in [-0.05, 0) is 47.2 Å². The lowest BCUT2D eigenvalue weighted by atomic mass is 10.2. The highest BCUT2D eigenvalue weighted by molar-refractivity contribution is 14.1. The van der Waals surface area contributed by atoms with E-state index in [2.05, 4.69) is 33.4 Å². The first-order chi connectivity index (χ1) is 8.99. The average Bonchev–Trinajstić information content (AvgIpc) is 2.32. The molecule has 0 saturated carbocycles. The van der Waals surface area contributed by atoms with Crippen molar-refractivity contribution in [1.29, 1.82) is 0 Å². The van der Waals surface area contributed by atoms with E-state index in [1.165, 1.54) is 6.08 Å². The summed E-state index contributed by atoms with van der Waals surface area (Å²) in [6.45, 7) is 0. The topological polar surface area (TPSA) is 98.7 Å². The molecule has 4 N–H and O–H groups in total. The predicted molar refractivity (Wildman–Crippen MR) is 78.5 cm³/mol. The zero-order chi connectivity index (χ0) is 14.3. The summed E-state index contributed by atoms with van der Waals surface area (Å²) in [5, 5.41) is 17.4. The first-order valence-corrected chi connectivity index (χ1v) is 6.50. The third-order valence-electron chi connectivity index (χ3n) is 2.10. The Bertz CT molecular complexity index is 502. The average molecular weight is 376 g/mol. The van der Waals surface area contributed by atoms with Crippen LogP contribution in [0.2, 0.25) is 0 Å². The Kier molecular flexibility index (Phi) is 6.13. The van der Waals surface area contributed by atoms with Gasteiger partial charge in [0, 0.05) is 9.99 Å². The third kappa shape index (κ3) is 6.09. The van der Waals surface area contributed by atoms with E-state index in [-0.39, 0.29) is 18.5 Å². The van der Waals surface area contributed by atoms with Gasteiger partial charge in [0.1, 0.15) is 5.70 Å². The highest BCUT2D eigenvalue weighted by Gasteiger charge is 2.06. The Morgan fingerprint density at radius 2 is 2.05 bits per heavy atom. The van der Waals surface area contributed by atoms with Gasteiger partial charge in [-0.25, -0.2) is 4.79 Å². The molecule has 0 unspecified atom stereocenters. The number of carboxylic acid groups (broad SMARTS) is 2. The fourth-order valence-corrected chi connectivity index (χ4v) is 1.78. The number of hydrogen-bond donors (Lipinski definition) is 4. The van der Waals surface area contributed by atoms with Crippen LogP contribution in [-0.4, -0.2) is 22.2 Å². The summed E-state index contributed by atoms with van der Waals surface area (Å²) in [6.07, 6.45) is 1.37. The van der Waals surface area contributed by atoms with Crippen molar-refractivity contribution in [3.8, 4) is 0 Å². The van der Waals surface area contributed by atoms with Gasteiger partial charge in [0.15, 0.2) is 0 Å². The fraction of sp³-hybridized carbons (Fsp3) is 0.167. The summed E-state index contributed by atoms with van der Waals surface area (Å²) in [6, 6.07) is 7.36. The molecule has 0 fully saturated rings. The first-order valence-electron chi connectivity index (χ1n) is 5.42. The monoisotopic (exact) mass is 376 g/mol. The van der Waals surface area contributed by atoms with E-state index in [0.29, 0.717) is 0 Å². The molecule has 6 nitrogen and oxygen atoms in total. The zero-order valence-electron chi connectivity index (χ0n) is 9.89. The normalized spacial score (nSPS) is 10.9. The van der Waals surface area contributed by atoms with E-state index in [4.69, 9.17) is 10.2 Å². The molecule has 0 spiro atoms. The van der Waals surface area contributed by atoms with Gasteiger partial charge in [-0.3, -0.25) is 10.2 Å². The molecule has 0 aliphatic rings. The van der Waals surface area contributed by atoms with Crippen LogP contribution < -0.4 is 10.9 Å². The number of benzene rings is 1. The SMILES string of the molecule is O=C(O)CC/C=C(\NNc1cccc(I)c1)C(=O)O. The maximum Gasteiger partial charge on any atom is 0.353 e. The summed E-state index contributed by atoms with van der Waals surface area (Å²) in [5.41, 5.74) is 5.94. The smallest absolute Gasteiger partial charge is 0.353 e. The number of rotatable bonds is 7. The van der Waals surface area contributed by atoms with Crippen LogP contribution in [-0.2, 0) is 9.59 Å². The second-order valence-corrected chi connectivity index (χ2v) is 4.86. The molecule has 19 heavy (non-hydrogen) atoms. The second-order valence-electron chi connectivity index (χ2n) is 3.62. The van der Waals surface area contributed by atoms with Crippen molar-refractivity contribution in [3.05, 3.63) is 39.6 Å². The van der Waals surface area contributed by atoms with Crippen LogP contribution in [0.5, 0.6) is 0 Å². The van der Waals surface area contributed by atoms with Crippen molar-refractivity contribution in [2.45, 2.75) is 12.8 Å².